The molecule has 0 bridgehead atoms. The molecule has 6 nitrogen and oxygen atoms in total. The summed E-state index contributed by atoms with van der Waals surface area (Å²) in [4.78, 5) is 23.2. The SMILES string of the molecule is COCCNCC(=O)Nc1ccc(C)c(C(=O)OC)c1.Cl. The number of ether oxygens (including phenoxy) is 2. The lowest BCUT2D eigenvalue weighted by atomic mass is 10.1. The Balaban J connectivity index is 0.00000400. The lowest BCUT2D eigenvalue weighted by Gasteiger charge is -2.09. The van der Waals surface area contributed by atoms with E-state index in [0.717, 1.165) is 5.56 Å². The van der Waals surface area contributed by atoms with Crippen LogP contribution in [0, 0.1) is 6.92 Å². The number of carbonyl (C=O) groups excluding carboxylic acids is 2. The van der Waals surface area contributed by atoms with Crippen molar-refractivity contribution in [3.63, 3.8) is 0 Å². The maximum Gasteiger partial charge on any atom is 0.338 e. The van der Waals surface area contributed by atoms with E-state index in [4.69, 9.17) is 9.47 Å². The fraction of sp³-hybridized carbons (Fsp3) is 0.429. The van der Waals surface area contributed by atoms with Crippen molar-refractivity contribution >= 4 is 30.0 Å². The van der Waals surface area contributed by atoms with Gasteiger partial charge in [-0.15, -0.1) is 12.4 Å². The predicted molar refractivity (Wildman–Crippen MR) is 83.1 cm³/mol. The van der Waals surface area contributed by atoms with Crippen LogP contribution in [0.5, 0.6) is 0 Å². The van der Waals surface area contributed by atoms with Crippen molar-refractivity contribution < 1.29 is 19.1 Å². The zero-order valence-electron chi connectivity index (χ0n) is 12.4. The highest BCUT2D eigenvalue weighted by atomic mass is 35.5. The van der Waals surface area contributed by atoms with Crippen LogP contribution in [-0.4, -0.2) is 45.8 Å². The van der Waals surface area contributed by atoms with Crippen molar-refractivity contribution in [3.05, 3.63) is 29.3 Å². The molecule has 7 heteroatoms. The van der Waals surface area contributed by atoms with Crippen molar-refractivity contribution in [1.29, 1.82) is 0 Å². The topological polar surface area (TPSA) is 76.7 Å². The molecule has 21 heavy (non-hydrogen) atoms. The summed E-state index contributed by atoms with van der Waals surface area (Å²) in [5, 5.41) is 5.65. The van der Waals surface area contributed by atoms with Crippen LogP contribution >= 0.6 is 12.4 Å². The molecule has 118 valence electrons. The fourth-order valence-electron chi connectivity index (χ4n) is 1.61. The van der Waals surface area contributed by atoms with Crippen molar-refractivity contribution in [3.8, 4) is 0 Å². The highest BCUT2D eigenvalue weighted by Gasteiger charge is 2.11. The Morgan fingerprint density at radius 2 is 1.95 bits per heavy atom. The average molecular weight is 317 g/mol. The van der Waals surface area contributed by atoms with E-state index >= 15 is 0 Å². The molecule has 0 aliphatic carbocycles. The summed E-state index contributed by atoms with van der Waals surface area (Å²) in [5.74, 6) is -0.599. The quantitative estimate of drug-likeness (QED) is 0.587. The van der Waals surface area contributed by atoms with E-state index in [1.807, 2.05) is 6.92 Å². The molecule has 0 heterocycles. The minimum Gasteiger partial charge on any atom is -0.465 e. The second-order valence-electron chi connectivity index (χ2n) is 4.24. The molecule has 1 aromatic rings. The monoisotopic (exact) mass is 316 g/mol. The Morgan fingerprint density at radius 3 is 2.57 bits per heavy atom. The third-order valence-corrected chi connectivity index (χ3v) is 2.70. The van der Waals surface area contributed by atoms with E-state index in [2.05, 4.69) is 10.6 Å². The summed E-state index contributed by atoms with van der Waals surface area (Å²) in [7, 11) is 2.93. The first-order chi connectivity index (χ1) is 9.58. The van der Waals surface area contributed by atoms with E-state index in [-0.39, 0.29) is 24.9 Å². The van der Waals surface area contributed by atoms with Gasteiger partial charge in [0.05, 0.1) is 25.8 Å². The predicted octanol–water partition coefficient (Wildman–Crippen LogP) is 1.38. The number of carbonyl (C=O) groups is 2. The van der Waals surface area contributed by atoms with Crippen LogP contribution < -0.4 is 10.6 Å². The van der Waals surface area contributed by atoms with Gasteiger partial charge in [0, 0.05) is 19.3 Å². The maximum absolute atomic E-state index is 11.7. The van der Waals surface area contributed by atoms with Gasteiger partial charge < -0.3 is 20.1 Å². The molecule has 2 N–H and O–H groups in total. The third-order valence-electron chi connectivity index (χ3n) is 2.70. The smallest absolute Gasteiger partial charge is 0.338 e. The van der Waals surface area contributed by atoms with E-state index < -0.39 is 5.97 Å². The fourth-order valence-corrected chi connectivity index (χ4v) is 1.61. The Morgan fingerprint density at radius 1 is 1.24 bits per heavy atom. The highest BCUT2D eigenvalue weighted by molar-refractivity contribution is 5.96. The molecule has 0 saturated carbocycles. The highest BCUT2D eigenvalue weighted by Crippen LogP contribution is 2.16. The van der Waals surface area contributed by atoms with Gasteiger partial charge in [-0.2, -0.15) is 0 Å². The van der Waals surface area contributed by atoms with Gasteiger partial charge in [-0.1, -0.05) is 6.07 Å². The number of methoxy groups -OCH3 is 2. The van der Waals surface area contributed by atoms with Crippen molar-refractivity contribution in [2.75, 3.05) is 39.2 Å². The van der Waals surface area contributed by atoms with Gasteiger partial charge in [0.15, 0.2) is 0 Å². The van der Waals surface area contributed by atoms with Crippen molar-refractivity contribution in [2.24, 2.45) is 0 Å². The molecular weight excluding hydrogens is 296 g/mol. The average Bonchev–Trinajstić information content (AvgIpc) is 2.45. The van der Waals surface area contributed by atoms with Crippen molar-refractivity contribution in [2.45, 2.75) is 6.92 Å². The number of hydrogen-bond acceptors (Lipinski definition) is 5. The number of hydrogen-bond donors (Lipinski definition) is 2. The van der Waals surface area contributed by atoms with E-state index in [1.54, 1.807) is 25.3 Å². The van der Waals surface area contributed by atoms with Gasteiger partial charge in [-0.25, -0.2) is 4.79 Å². The zero-order chi connectivity index (χ0) is 15.0. The van der Waals surface area contributed by atoms with Crippen LogP contribution in [-0.2, 0) is 14.3 Å². The van der Waals surface area contributed by atoms with Gasteiger partial charge in [-0.05, 0) is 24.6 Å². The lowest BCUT2D eigenvalue weighted by Crippen LogP contribution is -2.30. The van der Waals surface area contributed by atoms with Gasteiger partial charge >= 0.3 is 5.97 Å². The van der Waals surface area contributed by atoms with Gasteiger partial charge in [0.2, 0.25) is 5.91 Å². The molecule has 0 atom stereocenters. The molecule has 0 radical (unpaired) electrons. The van der Waals surface area contributed by atoms with E-state index in [9.17, 15) is 9.59 Å². The molecule has 0 aliphatic rings. The summed E-state index contributed by atoms with van der Waals surface area (Å²) >= 11 is 0. The molecular formula is C14H21ClN2O4. The molecule has 0 unspecified atom stereocenters. The van der Waals surface area contributed by atoms with Crippen molar-refractivity contribution in [1.82, 2.24) is 5.32 Å². The van der Waals surface area contributed by atoms with Crippen LogP contribution in [0.25, 0.3) is 0 Å². The second-order valence-corrected chi connectivity index (χ2v) is 4.24. The van der Waals surface area contributed by atoms with E-state index in [0.29, 0.717) is 24.4 Å². The number of halogens is 1. The first kappa shape index (κ1) is 19.4. The summed E-state index contributed by atoms with van der Waals surface area (Å²) in [6.45, 7) is 3.14. The number of nitrogens with one attached hydrogen (secondary N) is 2. The summed E-state index contributed by atoms with van der Waals surface area (Å²) in [5.41, 5.74) is 1.81. The number of aryl methyl sites for hydroxylation is 1. The lowest BCUT2D eigenvalue weighted by molar-refractivity contribution is -0.115. The van der Waals surface area contributed by atoms with Gasteiger partial charge in [-0.3, -0.25) is 4.79 Å². The summed E-state index contributed by atoms with van der Waals surface area (Å²) in [6.07, 6.45) is 0. The first-order valence-electron chi connectivity index (χ1n) is 6.27. The summed E-state index contributed by atoms with van der Waals surface area (Å²) in [6, 6.07) is 5.11. The summed E-state index contributed by atoms with van der Waals surface area (Å²) < 4.78 is 9.55. The number of amides is 1. The number of benzene rings is 1. The maximum atomic E-state index is 11.7. The number of esters is 1. The molecule has 0 aliphatic heterocycles. The van der Waals surface area contributed by atoms with Crippen LogP contribution in [0.15, 0.2) is 18.2 Å². The minimum atomic E-state index is -0.420. The molecule has 0 saturated heterocycles. The largest absolute Gasteiger partial charge is 0.465 e. The normalized spacial score (nSPS) is 9.67. The third kappa shape index (κ3) is 6.57. The molecule has 1 amide bonds. The molecule has 1 rings (SSSR count). The standard InChI is InChI=1S/C14H20N2O4.ClH/c1-10-4-5-11(8-12(10)14(18)20-3)16-13(17)9-15-6-7-19-2;/h4-5,8,15H,6-7,9H2,1-3H3,(H,16,17);1H. The zero-order valence-corrected chi connectivity index (χ0v) is 13.2. The minimum absolute atomic E-state index is 0. The molecule has 0 spiro atoms. The van der Waals surface area contributed by atoms with Crippen LogP contribution in [0.1, 0.15) is 15.9 Å². The van der Waals surface area contributed by atoms with Crippen LogP contribution in [0.4, 0.5) is 5.69 Å². The molecule has 0 aromatic heterocycles. The Bertz CT molecular complexity index is 480. The Labute approximate surface area is 130 Å². The van der Waals surface area contributed by atoms with Gasteiger partial charge in [0.25, 0.3) is 0 Å². The molecule has 1 aromatic carbocycles. The van der Waals surface area contributed by atoms with Gasteiger partial charge in [0.1, 0.15) is 0 Å². The van der Waals surface area contributed by atoms with Crippen LogP contribution in [0.2, 0.25) is 0 Å². The van der Waals surface area contributed by atoms with Crippen LogP contribution in [0.3, 0.4) is 0 Å². The van der Waals surface area contributed by atoms with E-state index in [1.165, 1.54) is 7.11 Å². The number of rotatable bonds is 7. The first-order valence-corrected chi connectivity index (χ1v) is 6.27. The Kier molecular flexibility index (Phi) is 9.36. The second kappa shape index (κ2) is 10.1. The molecule has 0 fully saturated rings. The number of anilines is 1. The Hall–Kier alpha value is -1.63.